The van der Waals surface area contributed by atoms with E-state index in [0.29, 0.717) is 49.6 Å². The summed E-state index contributed by atoms with van der Waals surface area (Å²) >= 11 is 0. The second-order valence-corrected chi connectivity index (χ2v) is 21.3. The first-order valence-electron chi connectivity index (χ1n) is 26.5. The summed E-state index contributed by atoms with van der Waals surface area (Å²) in [5, 5.41) is 85.6. The number of hydrogen-bond donors (Lipinski definition) is 11. The van der Waals surface area contributed by atoms with Gasteiger partial charge in [0.1, 0.15) is 23.4 Å². The van der Waals surface area contributed by atoms with Crippen LogP contribution in [0, 0.1) is 23.7 Å². The fourth-order valence-corrected chi connectivity index (χ4v) is 12.3. The van der Waals surface area contributed by atoms with Crippen molar-refractivity contribution in [2.45, 2.75) is 126 Å². The number of nitrogens with one attached hydrogen (secondary N) is 1. The Bertz CT molecular complexity index is 3210. The molecule has 1 saturated carbocycles. The maximum Gasteiger partial charge on any atom is 0.308 e. The molecule has 2 fully saturated rings. The van der Waals surface area contributed by atoms with Crippen LogP contribution in [0.1, 0.15) is 138 Å². The van der Waals surface area contributed by atoms with Crippen molar-refractivity contribution in [1.82, 2.24) is 5.32 Å². The molecular formula is C59H67N5O15. The molecule has 4 aliphatic carbocycles. The lowest BCUT2D eigenvalue weighted by molar-refractivity contribution is -0.378. The molecule has 1 heterocycles. The summed E-state index contributed by atoms with van der Waals surface area (Å²) in [5.41, 5.74) is 17.1. The van der Waals surface area contributed by atoms with Crippen LogP contribution in [-0.2, 0) is 52.2 Å². The molecule has 9 rings (SSSR count). The van der Waals surface area contributed by atoms with E-state index in [1.54, 1.807) is 30.3 Å². The Labute approximate surface area is 456 Å². The summed E-state index contributed by atoms with van der Waals surface area (Å²) in [7, 11) is 1.83. The van der Waals surface area contributed by atoms with E-state index in [1.165, 1.54) is 19.1 Å². The molecule has 1 saturated heterocycles. The van der Waals surface area contributed by atoms with E-state index >= 15 is 9.59 Å². The Balaban J connectivity index is 1.33. The highest BCUT2D eigenvalue weighted by Gasteiger charge is 2.57. The standard InChI is InChI=1S/C59H67N5O15/c1-29-54(72)59(74,75)55(76-19-18-64-57(61)62)56(77-29)79-53-41-9-5-8-38(60)15-16-39(68)22-32-7-4-6-31(20-32)10-17-40-44(78-30(2)67)24-36(27-65)45-46(40)52(71)47(41)48(51(45)70)50(69)42(53)23-35-12-11-34-13-14-37-21-33(26-63-3)25-58(37,73)49(34)43(35)28-66/h4,6-7,10-12,17,20,24,28-29,33,37-39,54-56,63,65,68-69,72-75H,9,13-16,18-19,21-23,25-27,60H2,1-3H3,(H4,61,62,64)/b17-10+/t29-,33+,37+,38-,39+,54+,55-,56+,58+/m0/s1. The number of rotatable bonds is 13. The Morgan fingerprint density at radius 2 is 1.77 bits per heavy atom. The lowest BCUT2D eigenvalue weighted by Gasteiger charge is -2.46. The SMILES string of the molecule is CNC[C@@H]1C[C@H]2CCc3ccc(Cc4c(O)c5c6c(c4O[C@H]4O[C@@H](C)[C@@H](O)C(O)(O)[C@H]4OCCN=C(N)N)CC#C[C@H](N)CC[C@@H](O)Cc4cccc(c4)/C=C/c4c(OC(C)=O)cc(CO)c(c4C6=O)C5=O)c(C=O)c3[C@@]2(O)C1. The van der Waals surface area contributed by atoms with E-state index in [-0.39, 0.29) is 106 Å². The maximum atomic E-state index is 16.0. The summed E-state index contributed by atoms with van der Waals surface area (Å²) in [5.74, 6) is -1.51. The third kappa shape index (κ3) is 11.0. The van der Waals surface area contributed by atoms with Gasteiger partial charge in [0.05, 0.1) is 49.2 Å². The number of nitrogens with zero attached hydrogens (tertiary/aromatic N) is 1. The van der Waals surface area contributed by atoms with Crippen molar-refractivity contribution in [3.63, 3.8) is 0 Å². The van der Waals surface area contributed by atoms with Crippen LogP contribution in [0.5, 0.6) is 17.2 Å². The number of aldehydes is 1. The summed E-state index contributed by atoms with van der Waals surface area (Å²) in [4.78, 5) is 62.0. The fourth-order valence-electron chi connectivity index (χ4n) is 12.3. The Kier molecular flexibility index (Phi) is 16.6. The number of fused-ring (bicyclic) bond motifs is 5. The first-order chi connectivity index (χ1) is 37.7. The molecule has 14 N–H and O–H groups in total. The van der Waals surface area contributed by atoms with Crippen molar-refractivity contribution in [2.75, 3.05) is 26.7 Å². The highest BCUT2D eigenvalue weighted by molar-refractivity contribution is 6.32. The molecule has 0 radical (unpaired) electrons. The highest BCUT2D eigenvalue weighted by atomic mass is 16.7. The van der Waals surface area contributed by atoms with Gasteiger partial charge < -0.3 is 77.2 Å². The number of ether oxygens (including phenoxy) is 4. The second kappa shape index (κ2) is 23.1. The minimum atomic E-state index is -3.11. The molecular weight excluding hydrogens is 1020 g/mol. The van der Waals surface area contributed by atoms with Crippen LogP contribution in [0.15, 0.2) is 47.5 Å². The van der Waals surface area contributed by atoms with Gasteiger partial charge in [-0.3, -0.25) is 24.2 Å². The van der Waals surface area contributed by atoms with E-state index in [0.717, 1.165) is 18.1 Å². The van der Waals surface area contributed by atoms with Gasteiger partial charge >= 0.3 is 5.97 Å². The molecule has 0 aromatic heterocycles. The number of aryl methyl sites for hydroxylation is 1. The van der Waals surface area contributed by atoms with Gasteiger partial charge in [0, 0.05) is 58.7 Å². The molecule has 0 amide bonds. The van der Waals surface area contributed by atoms with Crippen molar-refractivity contribution >= 4 is 41.9 Å². The number of phenolic OH excluding ortho intramolecular Hbond substituents is 1. The lowest BCUT2D eigenvalue weighted by Crippen LogP contribution is -2.67. The first kappa shape index (κ1) is 56.8. The third-order valence-electron chi connectivity index (χ3n) is 15.9. The number of aromatic hydroxyl groups is 1. The number of aliphatic hydroxyl groups is 6. The van der Waals surface area contributed by atoms with Gasteiger partial charge in [-0.05, 0) is 123 Å². The summed E-state index contributed by atoms with van der Waals surface area (Å²) in [6.07, 6.45) is -2.22. The van der Waals surface area contributed by atoms with Crippen LogP contribution in [0.4, 0.5) is 0 Å². The van der Waals surface area contributed by atoms with Gasteiger partial charge in [-0.2, -0.15) is 0 Å². The van der Waals surface area contributed by atoms with Crippen LogP contribution in [-0.4, -0.2) is 135 Å². The van der Waals surface area contributed by atoms with Gasteiger partial charge in [-0.15, -0.1) is 0 Å². The van der Waals surface area contributed by atoms with Crippen molar-refractivity contribution in [3.05, 3.63) is 120 Å². The molecule has 0 spiro atoms. The predicted molar refractivity (Wildman–Crippen MR) is 288 cm³/mol. The smallest absolute Gasteiger partial charge is 0.308 e. The summed E-state index contributed by atoms with van der Waals surface area (Å²) in [6, 6.07) is 11.1. The normalized spacial score (nSPS) is 26.3. The van der Waals surface area contributed by atoms with E-state index in [1.807, 2.05) is 19.2 Å². The van der Waals surface area contributed by atoms with Gasteiger partial charge in [0.2, 0.25) is 12.1 Å². The van der Waals surface area contributed by atoms with E-state index in [4.69, 9.17) is 36.1 Å². The van der Waals surface area contributed by atoms with Gasteiger partial charge in [0.15, 0.2) is 29.9 Å². The Morgan fingerprint density at radius 1 is 1.00 bits per heavy atom. The monoisotopic (exact) mass is 1090 g/mol. The van der Waals surface area contributed by atoms with Crippen LogP contribution in [0.25, 0.3) is 12.2 Å². The van der Waals surface area contributed by atoms with Crippen molar-refractivity contribution < 1.29 is 73.9 Å². The number of aliphatic hydroxyl groups excluding tert-OH is 3. The van der Waals surface area contributed by atoms with E-state index in [9.17, 15) is 45.3 Å². The summed E-state index contributed by atoms with van der Waals surface area (Å²) in [6.45, 7) is 1.69. The molecule has 20 nitrogen and oxygen atoms in total. The molecule has 4 aromatic rings. The number of esters is 1. The second-order valence-electron chi connectivity index (χ2n) is 21.3. The molecule has 79 heavy (non-hydrogen) atoms. The number of aliphatic imine (C=N–C) groups is 1. The first-order valence-corrected chi connectivity index (χ1v) is 26.5. The minimum Gasteiger partial charge on any atom is -0.507 e. The number of benzene rings is 4. The largest absolute Gasteiger partial charge is 0.507 e. The molecule has 5 aliphatic rings. The average molecular weight is 1090 g/mol. The topological polar surface area (TPSA) is 349 Å². The fraction of sp³-hybridized carbons (Fsp3) is 0.441. The lowest BCUT2D eigenvalue weighted by atomic mass is 9.70. The maximum absolute atomic E-state index is 16.0. The van der Waals surface area contributed by atoms with Crippen molar-refractivity contribution in [3.8, 4) is 29.1 Å². The molecule has 0 unspecified atom stereocenters. The number of ketones is 2. The van der Waals surface area contributed by atoms with Crippen molar-refractivity contribution in [2.24, 2.45) is 34.0 Å². The van der Waals surface area contributed by atoms with Crippen LogP contribution in [0.3, 0.4) is 0 Å². The number of phenols is 1. The number of carbonyl (C=O) groups is 4. The zero-order valence-electron chi connectivity index (χ0n) is 44.2. The minimum absolute atomic E-state index is 0.0501. The number of guanidine groups is 1. The van der Waals surface area contributed by atoms with E-state index < -0.39 is 102 Å². The predicted octanol–water partition coefficient (Wildman–Crippen LogP) is 1.93. The number of hydrogen-bond acceptors (Lipinski definition) is 18. The third-order valence-corrected chi connectivity index (χ3v) is 15.9. The molecule has 9 atom stereocenters. The molecule has 1 aliphatic heterocycles. The van der Waals surface area contributed by atoms with Crippen molar-refractivity contribution in [1.29, 1.82) is 0 Å². The van der Waals surface area contributed by atoms with E-state index in [2.05, 4.69) is 22.2 Å². The number of carbonyl (C=O) groups excluding carboxylic acids is 4. The highest BCUT2D eigenvalue weighted by Crippen LogP contribution is 2.54. The molecule has 418 valence electrons. The number of nitrogens with two attached hydrogens (primary N) is 3. The molecule has 4 aromatic carbocycles. The average Bonchev–Trinajstić information content (AvgIpc) is 3.29. The van der Waals surface area contributed by atoms with Crippen LogP contribution in [0.2, 0.25) is 0 Å². The zero-order chi connectivity index (χ0) is 56.7. The molecule has 4 bridgehead atoms. The zero-order valence-corrected chi connectivity index (χ0v) is 44.2. The quantitative estimate of drug-likeness (QED) is 0.0117. The molecule has 20 heteroatoms. The Morgan fingerprint density at radius 3 is 2.49 bits per heavy atom. The van der Waals surface area contributed by atoms with Gasteiger partial charge in [0.25, 0.3) is 0 Å². The summed E-state index contributed by atoms with van der Waals surface area (Å²) < 4.78 is 24.6. The van der Waals surface area contributed by atoms with Gasteiger partial charge in [-0.25, -0.2) is 0 Å². The van der Waals surface area contributed by atoms with Crippen LogP contribution >= 0.6 is 0 Å². The Hall–Kier alpha value is -6.87. The van der Waals surface area contributed by atoms with Gasteiger partial charge in [-0.1, -0.05) is 54.3 Å². The van der Waals surface area contributed by atoms with Crippen LogP contribution < -0.4 is 32.0 Å².